The van der Waals surface area contributed by atoms with Crippen molar-refractivity contribution >= 4 is 5.57 Å². The summed E-state index contributed by atoms with van der Waals surface area (Å²) in [6, 6.07) is 5.92. The minimum absolute atomic E-state index is 0.453. The number of ether oxygens (including phenoxy) is 2. The Morgan fingerprint density at radius 3 is 2.30 bits per heavy atom. The molecular formula is C17H26O3. The Morgan fingerprint density at radius 2 is 1.75 bits per heavy atom. The maximum Gasteiger partial charge on any atom is 0.161 e. The van der Waals surface area contributed by atoms with Gasteiger partial charge in [-0.3, -0.25) is 0 Å². The van der Waals surface area contributed by atoms with E-state index in [2.05, 4.69) is 13.8 Å². The van der Waals surface area contributed by atoms with Gasteiger partial charge in [0.2, 0.25) is 0 Å². The topological polar surface area (TPSA) is 38.7 Å². The van der Waals surface area contributed by atoms with Crippen LogP contribution in [-0.4, -0.2) is 24.4 Å². The highest BCUT2D eigenvalue weighted by molar-refractivity contribution is 5.66. The van der Waals surface area contributed by atoms with Gasteiger partial charge < -0.3 is 14.6 Å². The zero-order valence-electron chi connectivity index (χ0n) is 13.0. The maximum atomic E-state index is 9.43. The predicted molar refractivity (Wildman–Crippen MR) is 83.3 cm³/mol. The molecule has 3 heteroatoms. The van der Waals surface area contributed by atoms with Gasteiger partial charge in [0.05, 0.1) is 19.3 Å². The Hall–Kier alpha value is -1.48. The fraction of sp³-hybridized carbons (Fsp3) is 0.529. The molecule has 1 aromatic carbocycles. The van der Waals surface area contributed by atoms with Crippen molar-refractivity contribution in [2.24, 2.45) is 0 Å². The largest absolute Gasteiger partial charge is 0.490 e. The van der Waals surface area contributed by atoms with E-state index in [0.717, 1.165) is 35.5 Å². The van der Waals surface area contributed by atoms with Crippen LogP contribution in [0.25, 0.3) is 5.57 Å². The van der Waals surface area contributed by atoms with Crippen LogP contribution in [0.4, 0.5) is 0 Å². The van der Waals surface area contributed by atoms with Gasteiger partial charge in [-0.1, -0.05) is 26.0 Å². The summed E-state index contributed by atoms with van der Waals surface area (Å²) in [6.45, 7) is 9.25. The quantitative estimate of drug-likeness (QED) is 0.779. The smallest absolute Gasteiger partial charge is 0.161 e. The maximum absolute atomic E-state index is 9.43. The third kappa shape index (κ3) is 5.25. The number of allylic oxidation sites excluding steroid dienone is 1. The van der Waals surface area contributed by atoms with Gasteiger partial charge in [-0.05, 0) is 50.0 Å². The standard InChI is InChI=1S/C17H26O3/c1-5-9-19-16-8-7-15(13(3)11-14(4)18)12-17(16)20-10-6-2/h7-8,11-12,14,18H,5-6,9-10H2,1-4H3/b13-11+. The summed E-state index contributed by atoms with van der Waals surface area (Å²) >= 11 is 0. The van der Waals surface area contributed by atoms with Gasteiger partial charge in [-0.2, -0.15) is 0 Å². The molecule has 0 aliphatic carbocycles. The highest BCUT2D eigenvalue weighted by Crippen LogP contribution is 2.31. The third-order valence-electron chi connectivity index (χ3n) is 2.81. The molecule has 1 aromatic rings. The van der Waals surface area contributed by atoms with E-state index in [1.807, 2.05) is 31.2 Å². The van der Waals surface area contributed by atoms with Crippen molar-refractivity contribution in [2.45, 2.75) is 46.6 Å². The van der Waals surface area contributed by atoms with Gasteiger partial charge >= 0.3 is 0 Å². The van der Waals surface area contributed by atoms with Crippen molar-refractivity contribution in [1.82, 2.24) is 0 Å². The molecule has 0 aromatic heterocycles. The van der Waals surface area contributed by atoms with Crippen molar-refractivity contribution in [1.29, 1.82) is 0 Å². The second-order valence-corrected chi connectivity index (χ2v) is 4.95. The first-order chi connectivity index (χ1) is 9.58. The molecule has 0 aliphatic heterocycles. The molecule has 0 heterocycles. The summed E-state index contributed by atoms with van der Waals surface area (Å²) in [5, 5.41) is 9.43. The van der Waals surface area contributed by atoms with Gasteiger partial charge in [0, 0.05) is 0 Å². The minimum atomic E-state index is -0.453. The minimum Gasteiger partial charge on any atom is -0.490 e. The van der Waals surface area contributed by atoms with E-state index in [1.54, 1.807) is 6.92 Å². The second kappa shape index (κ2) is 8.64. The van der Waals surface area contributed by atoms with Crippen LogP contribution >= 0.6 is 0 Å². The van der Waals surface area contributed by atoms with Crippen molar-refractivity contribution in [3.63, 3.8) is 0 Å². The van der Waals surface area contributed by atoms with E-state index >= 15 is 0 Å². The van der Waals surface area contributed by atoms with Gasteiger partial charge in [0.1, 0.15) is 0 Å². The molecule has 0 bridgehead atoms. The van der Waals surface area contributed by atoms with E-state index in [-0.39, 0.29) is 0 Å². The van der Waals surface area contributed by atoms with E-state index in [4.69, 9.17) is 9.47 Å². The van der Waals surface area contributed by atoms with E-state index in [9.17, 15) is 5.11 Å². The van der Waals surface area contributed by atoms with Crippen LogP contribution in [0, 0.1) is 0 Å². The SMILES string of the molecule is CCCOc1ccc(/C(C)=C/C(C)O)cc1OCCC. The number of rotatable bonds is 8. The molecule has 0 saturated carbocycles. The van der Waals surface area contributed by atoms with E-state index in [1.165, 1.54) is 0 Å². The number of aliphatic hydroxyl groups is 1. The molecule has 0 spiro atoms. The number of benzene rings is 1. The lowest BCUT2D eigenvalue weighted by Gasteiger charge is -2.14. The van der Waals surface area contributed by atoms with Crippen LogP contribution < -0.4 is 9.47 Å². The van der Waals surface area contributed by atoms with Crippen LogP contribution in [0.2, 0.25) is 0 Å². The van der Waals surface area contributed by atoms with Gasteiger partial charge in [-0.25, -0.2) is 0 Å². The van der Waals surface area contributed by atoms with E-state index in [0.29, 0.717) is 13.2 Å². The molecule has 1 unspecified atom stereocenters. The normalized spacial score (nSPS) is 13.2. The Labute approximate surface area is 122 Å². The van der Waals surface area contributed by atoms with Crippen molar-refractivity contribution in [3.05, 3.63) is 29.8 Å². The van der Waals surface area contributed by atoms with Crippen molar-refractivity contribution < 1.29 is 14.6 Å². The van der Waals surface area contributed by atoms with Crippen LogP contribution in [0.5, 0.6) is 11.5 Å². The first-order valence-corrected chi connectivity index (χ1v) is 7.35. The fourth-order valence-corrected chi connectivity index (χ4v) is 1.87. The molecule has 20 heavy (non-hydrogen) atoms. The summed E-state index contributed by atoms with van der Waals surface area (Å²) in [4.78, 5) is 0. The van der Waals surface area contributed by atoms with Gasteiger partial charge in [0.25, 0.3) is 0 Å². The number of hydrogen-bond acceptors (Lipinski definition) is 3. The van der Waals surface area contributed by atoms with E-state index < -0.39 is 6.10 Å². The molecule has 1 rings (SSSR count). The lowest BCUT2D eigenvalue weighted by atomic mass is 10.1. The second-order valence-electron chi connectivity index (χ2n) is 4.95. The highest BCUT2D eigenvalue weighted by atomic mass is 16.5. The monoisotopic (exact) mass is 278 g/mol. The molecule has 0 amide bonds. The number of aliphatic hydroxyl groups excluding tert-OH is 1. The third-order valence-corrected chi connectivity index (χ3v) is 2.81. The lowest BCUT2D eigenvalue weighted by molar-refractivity contribution is 0.244. The molecule has 0 fully saturated rings. The molecule has 0 radical (unpaired) electrons. The zero-order chi connectivity index (χ0) is 15.0. The first kappa shape index (κ1) is 16.6. The Balaban J connectivity index is 2.99. The summed E-state index contributed by atoms with van der Waals surface area (Å²) in [7, 11) is 0. The first-order valence-electron chi connectivity index (χ1n) is 7.35. The summed E-state index contributed by atoms with van der Waals surface area (Å²) < 4.78 is 11.5. The van der Waals surface area contributed by atoms with Crippen LogP contribution in [-0.2, 0) is 0 Å². The number of hydrogen-bond donors (Lipinski definition) is 1. The molecule has 112 valence electrons. The van der Waals surface area contributed by atoms with Crippen LogP contribution in [0.1, 0.15) is 46.1 Å². The summed E-state index contributed by atoms with van der Waals surface area (Å²) in [5.41, 5.74) is 2.07. The molecule has 0 aliphatic rings. The van der Waals surface area contributed by atoms with Crippen molar-refractivity contribution in [2.75, 3.05) is 13.2 Å². The Morgan fingerprint density at radius 1 is 1.15 bits per heavy atom. The fourth-order valence-electron chi connectivity index (χ4n) is 1.87. The van der Waals surface area contributed by atoms with Gasteiger partial charge in [-0.15, -0.1) is 0 Å². The average molecular weight is 278 g/mol. The van der Waals surface area contributed by atoms with Crippen molar-refractivity contribution in [3.8, 4) is 11.5 Å². The average Bonchev–Trinajstić information content (AvgIpc) is 2.42. The van der Waals surface area contributed by atoms with Crippen LogP contribution in [0.15, 0.2) is 24.3 Å². The predicted octanol–water partition coefficient (Wildman–Crippen LogP) is 4.05. The zero-order valence-corrected chi connectivity index (χ0v) is 13.0. The Bertz CT molecular complexity index is 436. The molecule has 1 atom stereocenters. The highest BCUT2D eigenvalue weighted by Gasteiger charge is 2.08. The Kier molecular flexibility index (Phi) is 7.16. The molecule has 0 saturated heterocycles. The molecule has 3 nitrogen and oxygen atoms in total. The summed E-state index contributed by atoms with van der Waals surface area (Å²) in [5.74, 6) is 1.56. The summed E-state index contributed by atoms with van der Waals surface area (Å²) in [6.07, 6.45) is 3.30. The lowest BCUT2D eigenvalue weighted by Crippen LogP contribution is -2.02. The van der Waals surface area contributed by atoms with Gasteiger partial charge in [0.15, 0.2) is 11.5 Å². The van der Waals surface area contributed by atoms with Crippen LogP contribution in [0.3, 0.4) is 0 Å². The molecular weight excluding hydrogens is 252 g/mol. The molecule has 1 N–H and O–H groups in total.